The number of anilines is 2. The molecule has 2 aromatic heterocycles. The van der Waals surface area contributed by atoms with E-state index >= 15 is 4.39 Å². The van der Waals surface area contributed by atoms with Crippen molar-refractivity contribution in [3.05, 3.63) is 90.0 Å². The average molecular weight is 563 g/mol. The van der Waals surface area contributed by atoms with Gasteiger partial charge >= 0.3 is 0 Å². The summed E-state index contributed by atoms with van der Waals surface area (Å²) < 4.78 is 48.7. The van der Waals surface area contributed by atoms with Crippen LogP contribution < -0.4 is 20.1 Å². The second kappa shape index (κ2) is 12.4. The molecular formula is C29H31FN6O3S. The number of nitrogens with zero attached hydrogens (tertiary/aromatic N) is 3. The lowest BCUT2D eigenvalue weighted by atomic mass is 10.00. The zero-order chi connectivity index (χ0) is 28.0. The van der Waals surface area contributed by atoms with E-state index in [-0.39, 0.29) is 23.1 Å². The first-order chi connectivity index (χ1) is 19.4. The molecule has 3 N–H and O–H groups in total. The van der Waals surface area contributed by atoms with Crippen molar-refractivity contribution in [3.8, 4) is 22.9 Å². The molecule has 0 bridgehead atoms. The van der Waals surface area contributed by atoms with E-state index in [1.165, 1.54) is 6.07 Å². The highest BCUT2D eigenvalue weighted by Crippen LogP contribution is 2.34. The fraction of sp³-hybridized carbons (Fsp3) is 0.276. The third kappa shape index (κ3) is 7.10. The van der Waals surface area contributed by atoms with Crippen LogP contribution in [0.1, 0.15) is 24.0 Å². The van der Waals surface area contributed by atoms with Crippen LogP contribution in [0.2, 0.25) is 0 Å². The van der Waals surface area contributed by atoms with E-state index < -0.39 is 15.8 Å². The maximum absolute atomic E-state index is 15.1. The molecule has 1 saturated heterocycles. The Morgan fingerprint density at radius 1 is 1.07 bits per heavy atom. The number of sulfonamides is 1. The molecule has 0 saturated carbocycles. The average Bonchev–Trinajstić information content (AvgIpc) is 2.96. The number of rotatable bonds is 10. The highest BCUT2D eigenvalue weighted by molar-refractivity contribution is 7.91. The molecule has 5 rings (SSSR count). The van der Waals surface area contributed by atoms with Crippen molar-refractivity contribution in [2.24, 2.45) is 5.92 Å². The molecule has 1 aliphatic rings. The highest BCUT2D eigenvalue weighted by Gasteiger charge is 2.19. The molecular weight excluding hydrogens is 531 g/mol. The van der Waals surface area contributed by atoms with Gasteiger partial charge in [-0.25, -0.2) is 27.8 Å². The van der Waals surface area contributed by atoms with Gasteiger partial charge in [0.2, 0.25) is 21.9 Å². The van der Waals surface area contributed by atoms with Crippen LogP contribution in [0.4, 0.5) is 16.0 Å². The van der Waals surface area contributed by atoms with E-state index in [2.05, 4.69) is 30.3 Å². The number of hydrogen-bond acceptors (Lipinski definition) is 8. The maximum Gasteiger partial charge on any atom is 0.237 e. The zero-order valence-electron chi connectivity index (χ0n) is 22.1. The van der Waals surface area contributed by atoms with Crippen LogP contribution in [0.3, 0.4) is 0 Å². The Balaban J connectivity index is 1.32. The van der Waals surface area contributed by atoms with E-state index in [1.807, 2.05) is 6.07 Å². The minimum Gasteiger partial charge on any atom is -0.438 e. The topological polar surface area (TPSA) is 118 Å². The van der Waals surface area contributed by atoms with Gasteiger partial charge in [0.1, 0.15) is 5.75 Å². The maximum atomic E-state index is 15.1. The van der Waals surface area contributed by atoms with E-state index in [4.69, 9.17) is 4.74 Å². The molecule has 208 valence electrons. The molecule has 4 aromatic rings. The monoisotopic (exact) mass is 562 g/mol. The molecule has 1 fully saturated rings. The summed E-state index contributed by atoms with van der Waals surface area (Å²) in [5.41, 5.74) is 2.19. The summed E-state index contributed by atoms with van der Waals surface area (Å²) >= 11 is 0. The van der Waals surface area contributed by atoms with Gasteiger partial charge < -0.3 is 15.4 Å². The summed E-state index contributed by atoms with van der Waals surface area (Å²) in [4.78, 5) is 13.3. The van der Waals surface area contributed by atoms with E-state index in [1.54, 1.807) is 61.8 Å². The van der Waals surface area contributed by atoms with Crippen molar-refractivity contribution < 1.29 is 17.5 Å². The molecule has 1 atom stereocenters. The van der Waals surface area contributed by atoms with Crippen molar-refractivity contribution in [1.29, 1.82) is 0 Å². The Hall–Kier alpha value is -4.09. The Labute approximate surface area is 233 Å². The number of aromatic nitrogens is 3. The first kappa shape index (κ1) is 27.5. The van der Waals surface area contributed by atoms with Crippen molar-refractivity contribution in [1.82, 2.24) is 20.3 Å². The minimum absolute atomic E-state index is 0.151. The van der Waals surface area contributed by atoms with Gasteiger partial charge in [-0.1, -0.05) is 30.3 Å². The van der Waals surface area contributed by atoms with Gasteiger partial charge in [0.15, 0.2) is 5.82 Å². The van der Waals surface area contributed by atoms with Crippen LogP contribution >= 0.6 is 0 Å². The second-order valence-electron chi connectivity index (χ2n) is 9.76. The molecule has 2 aromatic carbocycles. The van der Waals surface area contributed by atoms with E-state index in [0.29, 0.717) is 34.3 Å². The molecule has 9 nitrogen and oxygen atoms in total. The summed E-state index contributed by atoms with van der Waals surface area (Å²) in [6, 6.07) is 16.6. The van der Waals surface area contributed by atoms with Crippen LogP contribution in [-0.4, -0.2) is 43.0 Å². The largest absolute Gasteiger partial charge is 0.438 e. The van der Waals surface area contributed by atoms with Gasteiger partial charge in [0.05, 0.1) is 22.7 Å². The fourth-order valence-electron chi connectivity index (χ4n) is 4.55. The molecule has 1 aliphatic heterocycles. The van der Waals surface area contributed by atoms with E-state index in [9.17, 15) is 8.42 Å². The molecule has 0 radical (unpaired) electrons. The van der Waals surface area contributed by atoms with Crippen molar-refractivity contribution in [2.45, 2.75) is 25.5 Å². The van der Waals surface area contributed by atoms with E-state index in [0.717, 1.165) is 38.5 Å². The van der Waals surface area contributed by atoms with Crippen LogP contribution in [0, 0.1) is 18.7 Å². The van der Waals surface area contributed by atoms with Gasteiger partial charge in [-0.2, -0.15) is 0 Å². The summed E-state index contributed by atoms with van der Waals surface area (Å²) in [5.74, 6) is 0.439. The molecule has 1 unspecified atom stereocenters. The van der Waals surface area contributed by atoms with Gasteiger partial charge in [0.25, 0.3) is 0 Å². The first-order valence-electron chi connectivity index (χ1n) is 13.1. The first-order valence-corrected chi connectivity index (χ1v) is 14.8. The third-order valence-corrected chi connectivity index (χ3v) is 7.83. The SMILES string of the molecule is Cc1cc(NS(=O)(=O)Cc2ccccc2)c(F)cc1Oc1ncccc1-c1ccnc(NCC2CCCNC2)n1. The number of aryl methyl sites for hydroxylation is 1. The summed E-state index contributed by atoms with van der Waals surface area (Å²) in [6.45, 7) is 4.50. The lowest BCUT2D eigenvalue weighted by Crippen LogP contribution is -2.33. The van der Waals surface area contributed by atoms with Crippen LogP contribution in [0.15, 0.2) is 73.1 Å². The lowest BCUT2D eigenvalue weighted by molar-refractivity contribution is 0.392. The number of pyridine rings is 1. The molecule has 0 spiro atoms. The van der Waals surface area contributed by atoms with Gasteiger partial charge in [-0.05, 0) is 74.2 Å². The predicted octanol–water partition coefficient (Wildman–Crippen LogP) is 5.13. The van der Waals surface area contributed by atoms with Crippen molar-refractivity contribution in [2.75, 3.05) is 29.7 Å². The zero-order valence-corrected chi connectivity index (χ0v) is 22.9. The third-order valence-electron chi connectivity index (χ3n) is 6.59. The summed E-state index contributed by atoms with van der Waals surface area (Å²) in [6.07, 6.45) is 5.56. The summed E-state index contributed by atoms with van der Waals surface area (Å²) in [7, 11) is -3.82. The molecule has 0 amide bonds. The second-order valence-corrected chi connectivity index (χ2v) is 11.5. The fourth-order valence-corrected chi connectivity index (χ4v) is 5.74. The van der Waals surface area contributed by atoms with Crippen LogP contribution in [0.5, 0.6) is 11.6 Å². The molecule has 0 aliphatic carbocycles. The normalized spacial score (nSPS) is 15.4. The van der Waals surface area contributed by atoms with Crippen LogP contribution in [-0.2, 0) is 15.8 Å². The Bertz CT molecular complexity index is 1560. The Morgan fingerprint density at radius 3 is 2.73 bits per heavy atom. The predicted molar refractivity (Wildman–Crippen MR) is 153 cm³/mol. The number of hydrogen-bond donors (Lipinski definition) is 3. The number of nitrogens with one attached hydrogen (secondary N) is 3. The van der Waals surface area contributed by atoms with Gasteiger partial charge in [0, 0.05) is 25.0 Å². The molecule has 3 heterocycles. The lowest BCUT2D eigenvalue weighted by Gasteiger charge is -2.22. The standard InChI is InChI=1S/C29H31FN6O3S/c1-20-15-26(36-40(37,38)19-21-7-3-2-4-8-21)24(30)16-27(20)39-28-23(10-6-13-32-28)25-11-14-33-29(35-25)34-18-22-9-5-12-31-17-22/h2-4,6-8,10-11,13-16,22,31,36H,5,9,12,17-19H2,1H3,(H,33,34,35). The minimum atomic E-state index is -3.82. The number of benzene rings is 2. The summed E-state index contributed by atoms with van der Waals surface area (Å²) in [5, 5.41) is 6.73. The molecule has 11 heteroatoms. The number of piperidine rings is 1. The van der Waals surface area contributed by atoms with Gasteiger partial charge in [-0.15, -0.1) is 0 Å². The number of ether oxygens (including phenoxy) is 1. The number of halogens is 1. The van der Waals surface area contributed by atoms with Gasteiger partial charge in [-0.3, -0.25) is 4.72 Å². The smallest absolute Gasteiger partial charge is 0.237 e. The quantitative estimate of drug-likeness (QED) is 0.243. The molecule has 40 heavy (non-hydrogen) atoms. The highest BCUT2D eigenvalue weighted by atomic mass is 32.2. The van der Waals surface area contributed by atoms with Crippen LogP contribution in [0.25, 0.3) is 11.3 Å². The Kier molecular flexibility index (Phi) is 8.51. The Morgan fingerprint density at radius 2 is 1.93 bits per heavy atom. The van der Waals surface area contributed by atoms with Crippen molar-refractivity contribution >= 4 is 21.7 Å². The van der Waals surface area contributed by atoms with Crippen molar-refractivity contribution in [3.63, 3.8) is 0 Å².